The Bertz CT molecular complexity index is 419. The first-order valence-corrected chi connectivity index (χ1v) is 7.90. The normalized spacial score (nSPS) is 13.8. The van der Waals surface area contributed by atoms with Gasteiger partial charge in [0.05, 0.1) is 6.04 Å². The van der Waals surface area contributed by atoms with E-state index in [0.29, 0.717) is 6.04 Å². The van der Waals surface area contributed by atoms with Crippen molar-refractivity contribution in [2.45, 2.75) is 59.0 Å². The molecule has 0 saturated heterocycles. The highest BCUT2D eigenvalue weighted by atomic mass is 15.2. The molecule has 1 atom stereocenters. The highest BCUT2D eigenvalue weighted by molar-refractivity contribution is 5.35. The van der Waals surface area contributed by atoms with Crippen LogP contribution in [0.4, 0.5) is 0 Å². The molecular formula is C18H32N2. The number of hydrogen-bond acceptors (Lipinski definition) is 2. The van der Waals surface area contributed by atoms with E-state index in [1.54, 1.807) is 0 Å². The maximum absolute atomic E-state index is 3.75. The van der Waals surface area contributed by atoms with Gasteiger partial charge in [0.2, 0.25) is 0 Å². The van der Waals surface area contributed by atoms with Crippen molar-refractivity contribution in [1.29, 1.82) is 0 Å². The van der Waals surface area contributed by atoms with Crippen LogP contribution in [-0.4, -0.2) is 31.1 Å². The third kappa shape index (κ3) is 3.24. The van der Waals surface area contributed by atoms with E-state index in [0.717, 1.165) is 19.4 Å². The zero-order chi connectivity index (χ0) is 15.3. The van der Waals surface area contributed by atoms with Crippen LogP contribution in [0, 0.1) is 13.8 Å². The smallest absolute Gasteiger partial charge is 0.0509 e. The summed E-state index contributed by atoms with van der Waals surface area (Å²) in [5, 5.41) is 3.75. The van der Waals surface area contributed by atoms with E-state index in [1.807, 2.05) is 0 Å². The summed E-state index contributed by atoms with van der Waals surface area (Å²) in [5.74, 6) is 0. The molecule has 1 aromatic carbocycles. The van der Waals surface area contributed by atoms with Gasteiger partial charge in [-0.15, -0.1) is 0 Å². The number of aryl methyl sites for hydroxylation is 2. The van der Waals surface area contributed by atoms with Gasteiger partial charge in [-0.1, -0.05) is 44.5 Å². The molecule has 0 fully saturated rings. The summed E-state index contributed by atoms with van der Waals surface area (Å²) in [6, 6.07) is 7.18. The van der Waals surface area contributed by atoms with Gasteiger partial charge in [0.15, 0.2) is 0 Å². The highest BCUT2D eigenvalue weighted by Gasteiger charge is 2.38. The van der Waals surface area contributed by atoms with Crippen LogP contribution in [0.1, 0.15) is 56.3 Å². The van der Waals surface area contributed by atoms with E-state index >= 15 is 0 Å². The molecule has 0 saturated carbocycles. The second-order valence-electron chi connectivity index (χ2n) is 6.06. The first kappa shape index (κ1) is 17.2. The molecule has 1 rings (SSSR count). The molecule has 20 heavy (non-hydrogen) atoms. The summed E-state index contributed by atoms with van der Waals surface area (Å²) in [5.41, 5.74) is 4.33. The fraction of sp³-hybridized carbons (Fsp3) is 0.667. The van der Waals surface area contributed by atoms with Gasteiger partial charge < -0.3 is 10.2 Å². The second-order valence-corrected chi connectivity index (χ2v) is 6.06. The van der Waals surface area contributed by atoms with Gasteiger partial charge in [0, 0.05) is 5.54 Å². The molecule has 0 aliphatic rings. The van der Waals surface area contributed by atoms with Crippen LogP contribution in [-0.2, 0) is 0 Å². The van der Waals surface area contributed by atoms with E-state index in [9.17, 15) is 0 Å². The predicted molar refractivity (Wildman–Crippen MR) is 89.3 cm³/mol. The summed E-state index contributed by atoms with van der Waals surface area (Å²) >= 11 is 0. The molecule has 0 radical (unpaired) electrons. The molecule has 0 amide bonds. The van der Waals surface area contributed by atoms with Crippen LogP contribution in [0.3, 0.4) is 0 Å². The largest absolute Gasteiger partial charge is 0.309 e. The predicted octanol–water partition coefficient (Wildman–Crippen LogP) is 4.07. The van der Waals surface area contributed by atoms with Crippen molar-refractivity contribution in [3.05, 3.63) is 34.9 Å². The molecule has 114 valence electrons. The van der Waals surface area contributed by atoms with Crippen LogP contribution in [0.15, 0.2) is 18.2 Å². The van der Waals surface area contributed by atoms with Crippen LogP contribution in [0.5, 0.6) is 0 Å². The van der Waals surface area contributed by atoms with Gasteiger partial charge in [-0.3, -0.25) is 0 Å². The van der Waals surface area contributed by atoms with Crippen molar-refractivity contribution >= 4 is 0 Å². The van der Waals surface area contributed by atoms with Crippen molar-refractivity contribution in [2.24, 2.45) is 0 Å². The third-order valence-corrected chi connectivity index (χ3v) is 4.81. The van der Waals surface area contributed by atoms with E-state index < -0.39 is 0 Å². The minimum atomic E-state index is 0.161. The summed E-state index contributed by atoms with van der Waals surface area (Å²) in [6.45, 7) is 12.2. The lowest BCUT2D eigenvalue weighted by Gasteiger charge is -2.46. The number of nitrogens with zero attached hydrogens (tertiary/aromatic N) is 1. The second kappa shape index (κ2) is 7.24. The average molecular weight is 276 g/mol. The summed E-state index contributed by atoms with van der Waals surface area (Å²) in [7, 11) is 4.42. The van der Waals surface area contributed by atoms with Gasteiger partial charge in [-0.25, -0.2) is 0 Å². The molecule has 0 aromatic heterocycles. The molecule has 2 heteroatoms. The number of rotatable bonds is 7. The van der Waals surface area contributed by atoms with Crippen molar-refractivity contribution in [2.75, 3.05) is 20.6 Å². The molecule has 0 spiro atoms. The molecule has 0 aliphatic heterocycles. The Morgan fingerprint density at radius 3 is 2.15 bits per heavy atom. The zero-order valence-electron chi connectivity index (χ0n) is 14.4. The third-order valence-electron chi connectivity index (χ3n) is 4.81. The first-order valence-electron chi connectivity index (χ1n) is 7.90. The lowest BCUT2D eigenvalue weighted by molar-refractivity contribution is 0.0886. The highest BCUT2D eigenvalue weighted by Crippen LogP contribution is 2.37. The minimum absolute atomic E-state index is 0.161. The van der Waals surface area contributed by atoms with Crippen LogP contribution < -0.4 is 5.32 Å². The Labute approximate surface area is 125 Å². The number of benzene rings is 1. The molecule has 1 N–H and O–H groups in total. The fourth-order valence-corrected chi connectivity index (χ4v) is 3.41. The average Bonchev–Trinajstić information content (AvgIpc) is 2.42. The van der Waals surface area contributed by atoms with Crippen LogP contribution in [0.25, 0.3) is 0 Å². The van der Waals surface area contributed by atoms with E-state index in [-0.39, 0.29) is 5.54 Å². The van der Waals surface area contributed by atoms with Gasteiger partial charge in [0.1, 0.15) is 0 Å². The number of likely N-dealkylation sites (N-methyl/N-ethyl adjacent to an activating group) is 2. The van der Waals surface area contributed by atoms with Crippen molar-refractivity contribution in [1.82, 2.24) is 10.2 Å². The minimum Gasteiger partial charge on any atom is -0.309 e. The lowest BCUT2D eigenvalue weighted by atomic mass is 9.78. The summed E-state index contributed by atoms with van der Waals surface area (Å²) < 4.78 is 0. The molecule has 0 aliphatic carbocycles. The Kier molecular flexibility index (Phi) is 6.22. The van der Waals surface area contributed by atoms with Crippen molar-refractivity contribution < 1.29 is 0 Å². The quantitative estimate of drug-likeness (QED) is 0.807. The Balaban J connectivity index is 3.38. The van der Waals surface area contributed by atoms with E-state index in [1.165, 1.54) is 16.7 Å². The Hall–Kier alpha value is -0.860. The van der Waals surface area contributed by atoms with Crippen LogP contribution >= 0.6 is 0 Å². The standard InChI is InChI=1S/C18H32N2/c1-8-18(9-2,20(6)7)17(19-10-3)16-13-14(4)11-12-15(16)5/h11-13,17,19H,8-10H2,1-7H3. The van der Waals surface area contributed by atoms with Gasteiger partial charge >= 0.3 is 0 Å². The van der Waals surface area contributed by atoms with Crippen LogP contribution in [0.2, 0.25) is 0 Å². The topological polar surface area (TPSA) is 15.3 Å². The summed E-state index contributed by atoms with van der Waals surface area (Å²) in [6.07, 6.45) is 2.28. The van der Waals surface area contributed by atoms with Gasteiger partial charge in [-0.05, 0) is 58.5 Å². The molecule has 0 heterocycles. The Morgan fingerprint density at radius 1 is 1.10 bits per heavy atom. The molecule has 1 aromatic rings. The maximum atomic E-state index is 3.75. The van der Waals surface area contributed by atoms with E-state index in [4.69, 9.17) is 0 Å². The zero-order valence-corrected chi connectivity index (χ0v) is 14.4. The SMILES string of the molecule is CCNC(c1cc(C)ccc1C)C(CC)(CC)N(C)C. The fourth-order valence-electron chi connectivity index (χ4n) is 3.41. The molecule has 2 nitrogen and oxygen atoms in total. The molecule has 0 bridgehead atoms. The number of nitrogens with one attached hydrogen (secondary N) is 1. The van der Waals surface area contributed by atoms with Crippen molar-refractivity contribution in [3.63, 3.8) is 0 Å². The maximum Gasteiger partial charge on any atom is 0.0509 e. The number of hydrogen-bond donors (Lipinski definition) is 1. The van der Waals surface area contributed by atoms with Crippen molar-refractivity contribution in [3.8, 4) is 0 Å². The molecule has 1 unspecified atom stereocenters. The lowest BCUT2D eigenvalue weighted by Crippen LogP contribution is -2.53. The first-order chi connectivity index (χ1) is 9.42. The Morgan fingerprint density at radius 2 is 1.70 bits per heavy atom. The molecular weight excluding hydrogens is 244 g/mol. The summed E-state index contributed by atoms with van der Waals surface area (Å²) in [4.78, 5) is 2.40. The monoisotopic (exact) mass is 276 g/mol. The van der Waals surface area contributed by atoms with Gasteiger partial charge in [-0.2, -0.15) is 0 Å². The van der Waals surface area contributed by atoms with E-state index in [2.05, 4.69) is 77.1 Å². The van der Waals surface area contributed by atoms with Gasteiger partial charge in [0.25, 0.3) is 0 Å².